The van der Waals surface area contributed by atoms with Crippen LogP contribution in [0, 0.1) is 13.8 Å². The Bertz CT molecular complexity index is 1530. The average molecular weight is 497 g/mol. The molecule has 1 aliphatic carbocycles. The largest absolute Gasteiger partial charge is 0.465 e. The Kier molecular flexibility index (Phi) is 6.61. The number of hydrogen-bond acceptors (Lipinski definition) is 6. The van der Waals surface area contributed by atoms with E-state index in [4.69, 9.17) is 14.5 Å². The summed E-state index contributed by atoms with van der Waals surface area (Å²) in [5.74, 6) is -1.17. The van der Waals surface area contributed by atoms with Crippen LogP contribution in [0.1, 0.15) is 66.6 Å². The van der Waals surface area contributed by atoms with Crippen LogP contribution in [-0.4, -0.2) is 41.0 Å². The molecule has 0 atom stereocenters. The van der Waals surface area contributed by atoms with Crippen LogP contribution in [0.4, 0.5) is 0 Å². The third kappa shape index (κ3) is 4.53. The van der Waals surface area contributed by atoms with Crippen LogP contribution in [0.5, 0.6) is 0 Å². The summed E-state index contributed by atoms with van der Waals surface area (Å²) in [4.78, 5) is 43.0. The molecule has 2 heterocycles. The van der Waals surface area contributed by atoms with Crippen molar-refractivity contribution in [2.24, 2.45) is 0 Å². The monoisotopic (exact) mass is 496 g/mol. The van der Waals surface area contributed by atoms with Crippen LogP contribution in [0.2, 0.25) is 0 Å². The molecule has 7 nitrogen and oxygen atoms in total. The molecule has 0 fully saturated rings. The third-order valence-corrected chi connectivity index (χ3v) is 6.99. The Morgan fingerprint density at radius 1 is 0.946 bits per heavy atom. The van der Waals surface area contributed by atoms with E-state index in [9.17, 15) is 14.4 Å². The van der Waals surface area contributed by atoms with Gasteiger partial charge < -0.3 is 14.0 Å². The molecule has 2 aromatic heterocycles. The normalized spacial score (nSPS) is 12.7. The van der Waals surface area contributed by atoms with Crippen LogP contribution in [0.25, 0.3) is 16.6 Å². The number of hydrogen-bond donors (Lipinski definition) is 0. The van der Waals surface area contributed by atoms with Crippen LogP contribution in [-0.2, 0) is 22.3 Å². The van der Waals surface area contributed by atoms with Crippen molar-refractivity contribution in [3.8, 4) is 5.69 Å². The minimum atomic E-state index is -0.489. The summed E-state index contributed by atoms with van der Waals surface area (Å²) >= 11 is 0. The fourth-order valence-corrected chi connectivity index (χ4v) is 5.19. The number of fused-ring (bicyclic) bond motifs is 2. The molecule has 0 radical (unpaired) electrons. The molecular formula is C30H28N2O5. The van der Waals surface area contributed by atoms with Gasteiger partial charge in [-0.1, -0.05) is 18.2 Å². The smallest absolute Gasteiger partial charge is 0.339 e. The number of pyridine rings is 1. The van der Waals surface area contributed by atoms with Gasteiger partial charge in [-0.05, 0) is 81.5 Å². The molecule has 0 saturated heterocycles. The minimum absolute atomic E-state index is 0.272. The van der Waals surface area contributed by atoms with Crippen LogP contribution >= 0.6 is 0 Å². The summed E-state index contributed by atoms with van der Waals surface area (Å²) in [7, 11) is 1.34. The molecule has 0 unspecified atom stereocenters. The summed E-state index contributed by atoms with van der Waals surface area (Å²) < 4.78 is 12.3. The summed E-state index contributed by atoms with van der Waals surface area (Å²) in [6.45, 7) is 3.40. The van der Waals surface area contributed by atoms with Gasteiger partial charge in [-0.3, -0.25) is 9.78 Å². The Morgan fingerprint density at radius 2 is 1.68 bits per heavy atom. The molecule has 37 heavy (non-hydrogen) atoms. The quantitative estimate of drug-likeness (QED) is 0.264. The molecule has 4 aromatic rings. The second-order valence-electron chi connectivity index (χ2n) is 9.29. The van der Waals surface area contributed by atoms with E-state index in [0.29, 0.717) is 16.7 Å². The predicted molar refractivity (Wildman–Crippen MR) is 140 cm³/mol. The van der Waals surface area contributed by atoms with Gasteiger partial charge in [-0.15, -0.1) is 0 Å². The number of aromatic nitrogens is 2. The number of nitrogens with zero attached hydrogens (tertiary/aromatic N) is 2. The Hall–Kier alpha value is -4.26. The molecular weight excluding hydrogens is 468 g/mol. The highest BCUT2D eigenvalue weighted by Gasteiger charge is 2.25. The number of methoxy groups -OCH3 is 1. The van der Waals surface area contributed by atoms with Gasteiger partial charge in [0.15, 0.2) is 6.61 Å². The number of ketones is 1. The lowest BCUT2D eigenvalue weighted by Gasteiger charge is -2.19. The second-order valence-corrected chi connectivity index (χ2v) is 9.29. The van der Waals surface area contributed by atoms with Crippen molar-refractivity contribution in [1.29, 1.82) is 0 Å². The maximum Gasteiger partial charge on any atom is 0.339 e. The standard InChI is InChI=1S/C30H28N2O5/c1-18-16-24(19(2)32(18)21-14-12-20(13-15-21)29(34)36-3)27(33)17-37-30(35)28-22-8-4-6-10-25(22)31-26-11-7-5-9-23(26)28/h4,6,8,10,12-16H,5,7,9,11,17H2,1-3H3. The maximum atomic E-state index is 13.3. The lowest BCUT2D eigenvalue weighted by Crippen LogP contribution is -2.19. The zero-order valence-corrected chi connectivity index (χ0v) is 21.2. The van der Waals surface area contributed by atoms with Crippen LogP contribution < -0.4 is 0 Å². The number of carbonyl (C=O) groups is 3. The highest BCUT2D eigenvalue weighted by molar-refractivity contribution is 6.06. The molecule has 1 aliphatic rings. The first-order chi connectivity index (χ1) is 17.9. The third-order valence-electron chi connectivity index (χ3n) is 6.99. The number of carbonyl (C=O) groups excluding carboxylic acids is 3. The number of aryl methyl sites for hydroxylation is 2. The molecule has 0 amide bonds. The summed E-state index contributed by atoms with van der Waals surface area (Å²) in [5, 5.41) is 0.758. The highest BCUT2D eigenvalue weighted by atomic mass is 16.5. The first-order valence-electron chi connectivity index (χ1n) is 12.4. The highest BCUT2D eigenvalue weighted by Crippen LogP contribution is 2.30. The van der Waals surface area contributed by atoms with Gasteiger partial charge in [0.05, 0.1) is 23.8 Å². The predicted octanol–water partition coefficient (Wildman–Crippen LogP) is 5.35. The van der Waals surface area contributed by atoms with Gasteiger partial charge in [0.25, 0.3) is 0 Å². The Labute approximate surface area is 215 Å². The lowest BCUT2D eigenvalue weighted by atomic mass is 9.90. The number of benzene rings is 2. The van der Waals surface area contributed by atoms with E-state index >= 15 is 0 Å². The van der Waals surface area contributed by atoms with Crippen molar-refractivity contribution in [1.82, 2.24) is 9.55 Å². The first-order valence-corrected chi connectivity index (χ1v) is 12.4. The zero-order valence-electron chi connectivity index (χ0n) is 21.2. The van der Waals surface area contributed by atoms with Crippen LogP contribution in [0.15, 0.2) is 54.6 Å². The minimum Gasteiger partial charge on any atom is -0.465 e. The average Bonchev–Trinajstić information content (AvgIpc) is 3.23. The van der Waals surface area contributed by atoms with Gasteiger partial charge in [0.2, 0.25) is 5.78 Å². The van der Waals surface area contributed by atoms with Crippen molar-refractivity contribution in [3.63, 3.8) is 0 Å². The van der Waals surface area contributed by atoms with E-state index in [0.717, 1.165) is 64.9 Å². The first kappa shape index (κ1) is 24.4. The van der Waals surface area contributed by atoms with Gasteiger partial charge >= 0.3 is 11.9 Å². The number of Topliss-reactive ketones (excluding diaryl/α,β-unsaturated/α-hetero) is 1. The molecule has 7 heteroatoms. The fourth-order valence-electron chi connectivity index (χ4n) is 5.19. The fraction of sp³-hybridized carbons (Fsp3) is 0.267. The van der Waals surface area contributed by atoms with E-state index in [1.807, 2.05) is 42.7 Å². The molecule has 5 rings (SSSR count). The molecule has 2 aromatic carbocycles. The maximum absolute atomic E-state index is 13.3. The second kappa shape index (κ2) is 10.0. The van der Waals surface area contributed by atoms with Crippen molar-refractivity contribution >= 4 is 28.6 Å². The van der Waals surface area contributed by atoms with Gasteiger partial charge in [-0.25, -0.2) is 9.59 Å². The Balaban J connectivity index is 1.38. The summed E-state index contributed by atoms with van der Waals surface area (Å²) in [6, 6.07) is 16.3. The van der Waals surface area contributed by atoms with E-state index in [-0.39, 0.29) is 12.4 Å². The topological polar surface area (TPSA) is 87.5 Å². The Morgan fingerprint density at radius 3 is 2.43 bits per heavy atom. The van der Waals surface area contributed by atoms with Gasteiger partial charge in [-0.2, -0.15) is 0 Å². The molecule has 188 valence electrons. The molecule has 0 bridgehead atoms. The van der Waals surface area contributed by atoms with Crippen molar-refractivity contribution < 1.29 is 23.9 Å². The lowest BCUT2D eigenvalue weighted by molar-refractivity contribution is 0.0475. The van der Waals surface area contributed by atoms with Crippen molar-refractivity contribution in [2.45, 2.75) is 39.5 Å². The molecule has 0 N–H and O–H groups in total. The van der Waals surface area contributed by atoms with Crippen molar-refractivity contribution in [3.05, 3.63) is 93.9 Å². The van der Waals surface area contributed by atoms with E-state index < -0.39 is 11.9 Å². The number of esters is 2. The van der Waals surface area contributed by atoms with E-state index in [1.165, 1.54) is 7.11 Å². The molecule has 0 saturated carbocycles. The summed E-state index contributed by atoms with van der Waals surface area (Å²) in [6.07, 6.45) is 3.67. The van der Waals surface area contributed by atoms with E-state index in [1.54, 1.807) is 30.3 Å². The van der Waals surface area contributed by atoms with Gasteiger partial charge in [0, 0.05) is 33.7 Å². The van der Waals surface area contributed by atoms with Gasteiger partial charge in [0.1, 0.15) is 0 Å². The SMILES string of the molecule is COC(=O)c1ccc(-n2c(C)cc(C(=O)COC(=O)c3c4c(nc5ccccc35)CCCC4)c2C)cc1. The zero-order chi connectivity index (χ0) is 26.1. The molecule has 0 spiro atoms. The van der Waals surface area contributed by atoms with E-state index in [2.05, 4.69) is 0 Å². The number of para-hydroxylation sites is 1. The van der Waals surface area contributed by atoms with Crippen LogP contribution in [0.3, 0.4) is 0 Å². The summed E-state index contributed by atoms with van der Waals surface area (Å²) in [5.41, 5.74) is 6.53. The number of ether oxygens (including phenoxy) is 2. The number of rotatable bonds is 6. The van der Waals surface area contributed by atoms with Crippen molar-refractivity contribution in [2.75, 3.05) is 13.7 Å². The molecule has 0 aliphatic heterocycles.